The van der Waals surface area contributed by atoms with E-state index in [4.69, 9.17) is 23.2 Å². The molecule has 1 aromatic carbocycles. The highest BCUT2D eigenvalue weighted by Crippen LogP contribution is 2.42. The van der Waals surface area contributed by atoms with E-state index in [0.717, 1.165) is 30.6 Å². The van der Waals surface area contributed by atoms with Gasteiger partial charge in [-0.25, -0.2) is 4.79 Å². The van der Waals surface area contributed by atoms with Crippen LogP contribution in [-0.4, -0.2) is 58.2 Å². The van der Waals surface area contributed by atoms with Gasteiger partial charge in [-0.1, -0.05) is 23.2 Å². The Hall–Kier alpha value is -2.32. The summed E-state index contributed by atoms with van der Waals surface area (Å²) in [4.78, 5) is 53.6. The van der Waals surface area contributed by atoms with Gasteiger partial charge in [0.2, 0.25) is 11.8 Å². The van der Waals surface area contributed by atoms with Gasteiger partial charge in [0.25, 0.3) is 5.91 Å². The molecule has 31 heavy (non-hydrogen) atoms. The number of anilines is 1. The Balaban J connectivity index is 1.44. The quantitative estimate of drug-likeness (QED) is 0.651. The summed E-state index contributed by atoms with van der Waals surface area (Å²) in [6, 6.07) is 3.51. The number of rotatable bonds is 5. The summed E-state index contributed by atoms with van der Waals surface area (Å²) in [5.74, 6) is -1.02. The van der Waals surface area contributed by atoms with Crippen LogP contribution in [0.3, 0.4) is 0 Å². The summed E-state index contributed by atoms with van der Waals surface area (Å²) >= 11 is 11.9. The predicted molar refractivity (Wildman–Crippen MR) is 116 cm³/mol. The molecule has 166 valence electrons. The molecular weight excluding hydrogens is 443 g/mol. The van der Waals surface area contributed by atoms with Gasteiger partial charge in [0.05, 0.1) is 10.0 Å². The number of halogens is 2. The molecule has 4 rings (SSSR count). The fraction of sp³-hybridized carbons (Fsp3) is 0.524. The molecule has 1 saturated carbocycles. The number of piperidine rings is 1. The number of benzene rings is 1. The minimum atomic E-state index is -0.941. The van der Waals surface area contributed by atoms with Gasteiger partial charge in [0.1, 0.15) is 18.1 Å². The topological polar surface area (TPSA) is 98.8 Å². The normalized spacial score (nSPS) is 26.1. The summed E-state index contributed by atoms with van der Waals surface area (Å²) in [6.07, 6.45) is 3.81. The van der Waals surface area contributed by atoms with Crippen molar-refractivity contribution >= 4 is 52.6 Å². The van der Waals surface area contributed by atoms with Crippen LogP contribution in [0.5, 0.6) is 0 Å². The summed E-state index contributed by atoms with van der Waals surface area (Å²) in [5, 5.41) is 6.21. The Morgan fingerprint density at radius 1 is 1.16 bits per heavy atom. The number of carbonyl (C=O) groups is 4. The first kappa shape index (κ1) is 21.9. The average Bonchev–Trinajstić information content (AvgIpc) is 3.56. The highest BCUT2D eigenvalue weighted by molar-refractivity contribution is 6.42. The molecular formula is C21H24Cl2N4O4. The third-order valence-corrected chi connectivity index (χ3v) is 7.04. The van der Waals surface area contributed by atoms with Crippen molar-refractivity contribution in [3.63, 3.8) is 0 Å². The number of urea groups is 1. The van der Waals surface area contributed by atoms with Crippen molar-refractivity contribution < 1.29 is 19.2 Å². The third kappa shape index (κ3) is 4.23. The van der Waals surface area contributed by atoms with Crippen LogP contribution in [0.4, 0.5) is 10.5 Å². The smallest absolute Gasteiger partial charge is 0.325 e. The first-order chi connectivity index (χ1) is 14.7. The highest BCUT2D eigenvalue weighted by Gasteiger charge is 2.56. The van der Waals surface area contributed by atoms with Gasteiger partial charge in [-0.2, -0.15) is 0 Å². The maximum atomic E-state index is 13.0. The van der Waals surface area contributed by atoms with Crippen LogP contribution in [0.2, 0.25) is 10.0 Å². The van der Waals surface area contributed by atoms with Gasteiger partial charge < -0.3 is 15.5 Å². The first-order valence-electron chi connectivity index (χ1n) is 10.4. The lowest BCUT2D eigenvalue weighted by Crippen LogP contribution is -2.53. The monoisotopic (exact) mass is 466 g/mol. The van der Waals surface area contributed by atoms with E-state index in [9.17, 15) is 19.2 Å². The van der Waals surface area contributed by atoms with Crippen molar-refractivity contribution in [2.24, 2.45) is 5.92 Å². The van der Waals surface area contributed by atoms with Gasteiger partial charge in [-0.15, -0.1) is 0 Å². The van der Waals surface area contributed by atoms with E-state index < -0.39 is 23.5 Å². The highest BCUT2D eigenvalue weighted by atomic mass is 35.5. The van der Waals surface area contributed by atoms with Crippen LogP contribution in [-0.2, 0) is 14.4 Å². The molecule has 1 aliphatic carbocycles. The molecule has 2 saturated heterocycles. The molecule has 3 fully saturated rings. The van der Waals surface area contributed by atoms with E-state index in [1.54, 1.807) is 25.1 Å². The maximum absolute atomic E-state index is 13.0. The lowest BCUT2D eigenvalue weighted by Gasteiger charge is -2.35. The fourth-order valence-corrected chi connectivity index (χ4v) is 4.62. The summed E-state index contributed by atoms with van der Waals surface area (Å²) in [5.41, 5.74) is -0.462. The van der Waals surface area contributed by atoms with E-state index in [1.165, 1.54) is 4.90 Å². The van der Waals surface area contributed by atoms with Gasteiger partial charge >= 0.3 is 6.03 Å². The molecule has 0 spiro atoms. The predicted octanol–water partition coefficient (Wildman–Crippen LogP) is 3.03. The number of hydrogen-bond donors (Lipinski definition) is 2. The molecule has 5 amide bonds. The van der Waals surface area contributed by atoms with Gasteiger partial charge in [0.15, 0.2) is 0 Å². The molecule has 2 N–H and O–H groups in total. The van der Waals surface area contributed by atoms with Gasteiger partial charge in [-0.3, -0.25) is 19.3 Å². The molecule has 0 radical (unpaired) electrons. The second-order valence-corrected chi connectivity index (χ2v) is 9.33. The molecule has 2 heterocycles. The molecule has 3 aliphatic rings. The molecule has 2 atom stereocenters. The number of nitrogens with zero attached hydrogens (tertiary/aromatic N) is 2. The minimum absolute atomic E-state index is 0.115. The van der Waals surface area contributed by atoms with E-state index >= 15 is 0 Å². The van der Waals surface area contributed by atoms with Crippen molar-refractivity contribution in [1.29, 1.82) is 0 Å². The third-order valence-electron chi connectivity index (χ3n) is 6.30. The summed E-state index contributed by atoms with van der Waals surface area (Å²) in [6.45, 7) is 1.73. The van der Waals surface area contributed by atoms with Crippen LogP contribution in [0.25, 0.3) is 0 Å². The van der Waals surface area contributed by atoms with Crippen LogP contribution < -0.4 is 10.6 Å². The Bertz CT molecular complexity index is 951. The van der Waals surface area contributed by atoms with Crippen molar-refractivity contribution in [3.05, 3.63) is 28.2 Å². The van der Waals surface area contributed by atoms with Crippen molar-refractivity contribution in [2.75, 3.05) is 18.4 Å². The fourth-order valence-electron chi connectivity index (χ4n) is 4.32. The van der Waals surface area contributed by atoms with E-state index in [-0.39, 0.29) is 24.3 Å². The van der Waals surface area contributed by atoms with Gasteiger partial charge in [-0.05, 0) is 63.1 Å². The molecule has 8 nitrogen and oxygen atoms in total. The van der Waals surface area contributed by atoms with Crippen LogP contribution in [0.1, 0.15) is 39.0 Å². The SMILES string of the molecule is CC1(C2CC2)NC(=O)N(CC(=O)N2CCCCC2C(=O)Nc2ccc(Cl)c(Cl)c2)C1=O. The Kier molecular flexibility index (Phi) is 5.87. The summed E-state index contributed by atoms with van der Waals surface area (Å²) < 4.78 is 0. The minimum Gasteiger partial charge on any atom is -0.329 e. The number of nitrogens with one attached hydrogen (secondary N) is 2. The molecule has 1 aromatic rings. The number of amides is 5. The zero-order chi connectivity index (χ0) is 22.3. The van der Waals surface area contributed by atoms with Crippen LogP contribution >= 0.6 is 23.2 Å². The first-order valence-corrected chi connectivity index (χ1v) is 11.2. The van der Waals surface area contributed by atoms with E-state index in [2.05, 4.69) is 10.6 Å². The zero-order valence-electron chi connectivity index (χ0n) is 17.1. The molecule has 2 unspecified atom stereocenters. The number of carbonyl (C=O) groups excluding carboxylic acids is 4. The lowest BCUT2D eigenvalue weighted by molar-refractivity contribution is -0.143. The van der Waals surface area contributed by atoms with E-state index in [0.29, 0.717) is 28.7 Å². The number of imide groups is 1. The number of hydrogen-bond acceptors (Lipinski definition) is 4. The van der Waals surface area contributed by atoms with Crippen molar-refractivity contribution in [1.82, 2.24) is 15.1 Å². The maximum Gasteiger partial charge on any atom is 0.325 e. The largest absolute Gasteiger partial charge is 0.329 e. The van der Waals surface area contributed by atoms with Crippen molar-refractivity contribution in [3.8, 4) is 0 Å². The zero-order valence-corrected chi connectivity index (χ0v) is 18.6. The lowest BCUT2D eigenvalue weighted by atomic mass is 9.96. The molecule has 10 heteroatoms. The van der Waals surface area contributed by atoms with Crippen molar-refractivity contribution in [2.45, 2.75) is 50.6 Å². The van der Waals surface area contributed by atoms with Crippen LogP contribution in [0, 0.1) is 5.92 Å². The second-order valence-electron chi connectivity index (χ2n) is 8.51. The Morgan fingerprint density at radius 2 is 1.90 bits per heavy atom. The molecule has 0 bridgehead atoms. The van der Waals surface area contributed by atoms with E-state index in [1.807, 2.05) is 0 Å². The molecule has 2 aliphatic heterocycles. The Labute approximate surface area is 190 Å². The van der Waals surface area contributed by atoms with Crippen LogP contribution in [0.15, 0.2) is 18.2 Å². The summed E-state index contributed by atoms with van der Waals surface area (Å²) in [7, 11) is 0. The Morgan fingerprint density at radius 3 is 2.58 bits per heavy atom. The average molecular weight is 467 g/mol. The number of likely N-dealkylation sites (tertiary alicyclic amines) is 1. The molecule has 0 aromatic heterocycles. The van der Waals surface area contributed by atoms with Gasteiger partial charge in [0, 0.05) is 12.2 Å². The standard InChI is InChI=1S/C21H24Cl2N4O4/c1-21(12-5-6-12)19(30)27(20(31)25-21)11-17(28)26-9-3-2-4-16(26)18(29)24-13-7-8-14(22)15(23)10-13/h7-8,10,12,16H,2-6,9,11H2,1H3,(H,24,29)(H,25,31). The second kappa shape index (κ2) is 8.31.